The first-order chi connectivity index (χ1) is 14.7. The van der Waals surface area contributed by atoms with Crippen LogP contribution in [0.15, 0.2) is 82.4 Å². The van der Waals surface area contributed by atoms with Gasteiger partial charge in [-0.3, -0.25) is 9.78 Å². The lowest BCUT2D eigenvalue weighted by Gasteiger charge is -2.09. The van der Waals surface area contributed by atoms with E-state index < -0.39 is 0 Å². The molecular weight excluding hydrogens is 382 g/mol. The first-order valence-electron chi connectivity index (χ1n) is 9.15. The van der Waals surface area contributed by atoms with Gasteiger partial charge < -0.3 is 9.26 Å². The van der Waals surface area contributed by atoms with Gasteiger partial charge in [0.2, 0.25) is 5.82 Å². The number of fused-ring (bicyclic) bond motifs is 1. The number of rotatable bonds is 4. The molecule has 0 atom stereocenters. The molecule has 3 heterocycles. The van der Waals surface area contributed by atoms with Crippen LogP contribution in [0.1, 0.15) is 0 Å². The highest BCUT2D eigenvalue weighted by molar-refractivity contribution is 5.92. The van der Waals surface area contributed by atoms with E-state index in [0.29, 0.717) is 33.7 Å². The van der Waals surface area contributed by atoms with E-state index in [4.69, 9.17) is 9.26 Å². The molecule has 3 aromatic heterocycles. The zero-order valence-electron chi connectivity index (χ0n) is 15.9. The fourth-order valence-corrected chi connectivity index (χ4v) is 3.18. The molecule has 8 heteroatoms. The van der Waals surface area contributed by atoms with E-state index in [-0.39, 0.29) is 11.4 Å². The van der Waals surface area contributed by atoms with Gasteiger partial charge in [-0.2, -0.15) is 14.8 Å². The normalized spacial score (nSPS) is 11.0. The second-order valence-electron chi connectivity index (χ2n) is 6.47. The summed E-state index contributed by atoms with van der Waals surface area (Å²) in [6, 6.07) is 17.9. The molecule has 2 aromatic carbocycles. The van der Waals surface area contributed by atoms with Crippen LogP contribution in [0.4, 0.5) is 0 Å². The second-order valence-corrected chi connectivity index (χ2v) is 6.47. The molecule has 30 heavy (non-hydrogen) atoms. The number of hydrogen-bond donors (Lipinski definition) is 0. The molecule has 5 rings (SSSR count). The van der Waals surface area contributed by atoms with Gasteiger partial charge in [0.1, 0.15) is 5.75 Å². The summed E-state index contributed by atoms with van der Waals surface area (Å²) in [5.41, 5.74) is 1.50. The number of benzene rings is 2. The summed E-state index contributed by atoms with van der Waals surface area (Å²) in [6.45, 7) is 0. The average molecular weight is 397 g/mol. The van der Waals surface area contributed by atoms with E-state index >= 15 is 0 Å². The van der Waals surface area contributed by atoms with Crippen LogP contribution < -0.4 is 10.3 Å². The Morgan fingerprint density at radius 2 is 1.77 bits per heavy atom. The lowest BCUT2D eigenvalue weighted by atomic mass is 10.1. The zero-order chi connectivity index (χ0) is 20.5. The average Bonchev–Trinajstić information content (AvgIpc) is 3.30. The Labute approximate surface area is 170 Å². The molecule has 0 aliphatic heterocycles. The Hall–Kier alpha value is -4.33. The summed E-state index contributed by atoms with van der Waals surface area (Å²) >= 11 is 0. The van der Waals surface area contributed by atoms with Crippen LogP contribution in [0.3, 0.4) is 0 Å². The Balaban J connectivity index is 1.71. The molecule has 146 valence electrons. The van der Waals surface area contributed by atoms with Gasteiger partial charge in [0, 0.05) is 23.3 Å². The molecule has 0 saturated carbocycles. The first-order valence-corrected chi connectivity index (χ1v) is 9.15. The Morgan fingerprint density at radius 3 is 2.50 bits per heavy atom. The number of ether oxygens (including phenoxy) is 1. The third-order valence-electron chi connectivity index (χ3n) is 4.67. The van der Waals surface area contributed by atoms with Crippen molar-refractivity contribution >= 4 is 10.8 Å². The number of hydrogen-bond acceptors (Lipinski definition) is 7. The molecule has 5 aromatic rings. The molecule has 0 amide bonds. The van der Waals surface area contributed by atoms with Crippen molar-refractivity contribution in [1.29, 1.82) is 0 Å². The molecule has 0 fully saturated rings. The molecule has 8 nitrogen and oxygen atoms in total. The lowest BCUT2D eigenvalue weighted by molar-refractivity contribution is 0.414. The van der Waals surface area contributed by atoms with Gasteiger partial charge in [-0.05, 0) is 42.5 Å². The minimum Gasteiger partial charge on any atom is -0.497 e. The van der Waals surface area contributed by atoms with Gasteiger partial charge >= 0.3 is 0 Å². The van der Waals surface area contributed by atoms with E-state index in [9.17, 15) is 4.79 Å². The maximum Gasteiger partial charge on any atom is 0.279 e. The highest BCUT2D eigenvalue weighted by Crippen LogP contribution is 2.26. The van der Waals surface area contributed by atoms with E-state index in [1.54, 1.807) is 62.0 Å². The van der Waals surface area contributed by atoms with E-state index in [0.717, 1.165) is 5.56 Å². The van der Waals surface area contributed by atoms with Crippen LogP contribution in [0, 0.1) is 0 Å². The minimum absolute atomic E-state index is 0.215. The smallest absolute Gasteiger partial charge is 0.279 e. The molecule has 0 unspecified atom stereocenters. The SMILES string of the molecule is COc1ccc(-n2nc(-c3nc(-c4cccnc4)no3)c3ccccc3c2=O)cc1. The van der Waals surface area contributed by atoms with Gasteiger partial charge in [-0.1, -0.05) is 23.4 Å². The maximum absolute atomic E-state index is 13.1. The van der Waals surface area contributed by atoms with Crippen molar-refractivity contribution in [3.8, 4) is 34.4 Å². The van der Waals surface area contributed by atoms with Crippen molar-refractivity contribution in [2.75, 3.05) is 7.11 Å². The second kappa shape index (κ2) is 7.25. The molecule has 0 radical (unpaired) electrons. The molecule has 0 N–H and O–H groups in total. The van der Waals surface area contributed by atoms with Crippen molar-refractivity contribution in [3.63, 3.8) is 0 Å². The topological polar surface area (TPSA) is 95.9 Å². The van der Waals surface area contributed by atoms with Crippen LogP contribution in [0.5, 0.6) is 5.75 Å². The highest BCUT2D eigenvalue weighted by Gasteiger charge is 2.19. The minimum atomic E-state index is -0.244. The van der Waals surface area contributed by atoms with Gasteiger partial charge in [-0.25, -0.2) is 0 Å². The number of nitrogens with zero attached hydrogens (tertiary/aromatic N) is 5. The fourth-order valence-electron chi connectivity index (χ4n) is 3.18. The zero-order valence-corrected chi connectivity index (χ0v) is 15.9. The Kier molecular flexibility index (Phi) is 4.29. The van der Waals surface area contributed by atoms with Gasteiger partial charge in [0.15, 0.2) is 5.69 Å². The predicted octanol–water partition coefficient (Wildman–Crippen LogP) is 3.51. The summed E-state index contributed by atoms with van der Waals surface area (Å²) in [6.07, 6.45) is 3.32. The number of methoxy groups -OCH3 is 1. The summed E-state index contributed by atoms with van der Waals surface area (Å²) < 4.78 is 12.0. The standard InChI is InChI=1S/C22H15N5O3/c1-29-16-10-8-15(9-11-16)27-22(28)18-7-3-2-6-17(18)19(25-27)21-24-20(26-30-21)14-5-4-12-23-13-14/h2-13H,1H3. The van der Waals surface area contributed by atoms with Crippen molar-refractivity contribution in [1.82, 2.24) is 24.9 Å². The van der Waals surface area contributed by atoms with Crippen LogP contribution >= 0.6 is 0 Å². The Bertz CT molecular complexity index is 1390. The van der Waals surface area contributed by atoms with Crippen LogP contribution in [0.25, 0.3) is 39.4 Å². The monoisotopic (exact) mass is 397 g/mol. The van der Waals surface area contributed by atoms with Gasteiger partial charge in [0.05, 0.1) is 18.2 Å². The first kappa shape index (κ1) is 17.7. The molecule has 0 aliphatic carbocycles. The molecule has 0 spiro atoms. The summed E-state index contributed by atoms with van der Waals surface area (Å²) in [4.78, 5) is 21.6. The summed E-state index contributed by atoms with van der Waals surface area (Å²) in [5.74, 6) is 1.30. The third kappa shape index (κ3) is 3.00. The molecular formula is C22H15N5O3. The number of aromatic nitrogens is 5. The van der Waals surface area contributed by atoms with Crippen molar-refractivity contribution in [2.24, 2.45) is 0 Å². The van der Waals surface area contributed by atoms with Crippen LogP contribution in [0.2, 0.25) is 0 Å². The predicted molar refractivity (Wildman–Crippen MR) is 110 cm³/mol. The highest BCUT2D eigenvalue weighted by atomic mass is 16.5. The van der Waals surface area contributed by atoms with Crippen molar-refractivity contribution < 1.29 is 9.26 Å². The summed E-state index contributed by atoms with van der Waals surface area (Å²) in [7, 11) is 1.59. The van der Waals surface area contributed by atoms with Crippen molar-refractivity contribution in [3.05, 3.63) is 83.4 Å². The molecule has 0 aliphatic rings. The molecule has 0 bridgehead atoms. The molecule has 0 saturated heterocycles. The van der Waals surface area contributed by atoms with Crippen LogP contribution in [-0.4, -0.2) is 32.0 Å². The van der Waals surface area contributed by atoms with E-state index in [1.807, 2.05) is 18.2 Å². The van der Waals surface area contributed by atoms with E-state index in [2.05, 4.69) is 20.2 Å². The van der Waals surface area contributed by atoms with Crippen molar-refractivity contribution in [2.45, 2.75) is 0 Å². The third-order valence-corrected chi connectivity index (χ3v) is 4.67. The van der Waals surface area contributed by atoms with Gasteiger partial charge in [-0.15, -0.1) is 0 Å². The number of pyridine rings is 1. The van der Waals surface area contributed by atoms with E-state index in [1.165, 1.54) is 4.68 Å². The maximum atomic E-state index is 13.1. The Morgan fingerprint density at radius 1 is 0.967 bits per heavy atom. The lowest BCUT2D eigenvalue weighted by Crippen LogP contribution is -2.22. The summed E-state index contributed by atoms with van der Waals surface area (Å²) in [5, 5.41) is 9.73. The largest absolute Gasteiger partial charge is 0.497 e. The van der Waals surface area contributed by atoms with Crippen LogP contribution in [-0.2, 0) is 0 Å². The quantitative estimate of drug-likeness (QED) is 0.458. The van der Waals surface area contributed by atoms with Gasteiger partial charge in [0.25, 0.3) is 11.4 Å². The fraction of sp³-hybridized carbons (Fsp3) is 0.0455.